The molecule has 0 aliphatic heterocycles. The summed E-state index contributed by atoms with van der Waals surface area (Å²) in [5.41, 5.74) is 2.54. The standard InChI is InChI=1S/C13H19NO2S/c1-14-8-3-9-17(15,16)13-7-6-11-4-2-5-12(11)10-13/h6-7,10,14H,2-5,8-9H2,1H3. The second-order valence-corrected chi connectivity index (χ2v) is 6.67. The Morgan fingerprint density at radius 3 is 2.76 bits per heavy atom. The van der Waals surface area contributed by atoms with Crippen LogP contribution in [0.25, 0.3) is 0 Å². The molecule has 3 nitrogen and oxygen atoms in total. The number of benzene rings is 1. The van der Waals surface area contributed by atoms with Gasteiger partial charge in [0.15, 0.2) is 9.84 Å². The second-order valence-electron chi connectivity index (χ2n) is 4.56. The summed E-state index contributed by atoms with van der Waals surface area (Å²) in [6, 6.07) is 5.61. The fraction of sp³-hybridized carbons (Fsp3) is 0.538. The maximum atomic E-state index is 12.1. The Hall–Kier alpha value is -0.870. The molecular formula is C13H19NO2S. The van der Waals surface area contributed by atoms with Gasteiger partial charge in [-0.2, -0.15) is 0 Å². The topological polar surface area (TPSA) is 46.2 Å². The zero-order chi connectivity index (χ0) is 12.3. The number of nitrogens with one attached hydrogen (secondary N) is 1. The molecule has 0 heterocycles. The van der Waals surface area contributed by atoms with Crippen LogP contribution in [0.15, 0.2) is 23.1 Å². The largest absolute Gasteiger partial charge is 0.320 e. The summed E-state index contributed by atoms with van der Waals surface area (Å²) in [7, 11) is -1.26. The average Bonchev–Trinajstić information content (AvgIpc) is 2.76. The molecule has 1 N–H and O–H groups in total. The molecule has 0 bridgehead atoms. The third-order valence-corrected chi connectivity index (χ3v) is 5.07. The average molecular weight is 253 g/mol. The fourth-order valence-corrected chi connectivity index (χ4v) is 3.66. The first kappa shape index (κ1) is 12.6. The van der Waals surface area contributed by atoms with E-state index in [2.05, 4.69) is 5.32 Å². The Morgan fingerprint density at radius 1 is 1.24 bits per heavy atom. The van der Waals surface area contributed by atoms with E-state index in [0.717, 1.165) is 25.8 Å². The van der Waals surface area contributed by atoms with Gasteiger partial charge < -0.3 is 5.32 Å². The molecule has 2 rings (SSSR count). The maximum absolute atomic E-state index is 12.1. The molecule has 0 radical (unpaired) electrons. The molecule has 1 aromatic rings. The summed E-state index contributed by atoms with van der Waals surface area (Å²) >= 11 is 0. The minimum atomic E-state index is -3.09. The zero-order valence-electron chi connectivity index (χ0n) is 10.2. The van der Waals surface area contributed by atoms with Gasteiger partial charge in [0.1, 0.15) is 0 Å². The summed E-state index contributed by atoms with van der Waals surface area (Å²) in [6.07, 6.45) is 3.93. The van der Waals surface area contributed by atoms with E-state index < -0.39 is 9.84 Å². The van der Waals surface area contributed by atoms with Gasteiger partial charge in [0.25, 0.3) is 0 Å². The van der Waals surface area contributed by atoms with Crippen molar-refractivity contribution in [1.29, 1.82) is 0 Å². The Morgan fingerprint density at radius 2 is 2.00 bits per heavy atom. The van der Waals surface area contributed by atoms with Crippen molar-refractivity contribution in [3.63, 3.8) is 0 Å². The SMILES string of the molecule is CNCCCS(=O)(=O)c1ccc2c(c1)CCC2. The molecule has 1 aliphatic carbocycles. The number of rotatable bonds is 5. The Balaban J connectivity index is 2.16. The number of fused-ring (bicyclic) bond motifs is 1. The fourth-order valence-electron chi connectivity index (χ4n) is 2.30. The maximum Gasteiger partial charge on any atom is 0.178 e. The van der Waals surface area contributed by atoms with Crippen molar-refractivity contribution in [3.05, 3.63) is 29.3 Å². The molecule has 1 aliphatic rings. The van der Waals surface area contributed by atoms with Crippen LogP contribution in [-0.4, -0.2) is 27.8 Å². The summed E-state index contributed by atoms with van der Waals surface area (Å²) in [5, 5.41) is 2.97. The quantitative estimate of drug-likeness (QED) is 0.810. The van der Waals surface area contributed by atoms with Gasteiger partial charge >= 0.3 is 0 Å². The van der Waals surface area contributed by atoms with Crippen LogP contribution in [0.4, 0.5) is 0 Å². The van der Waals surface area contributed by atoms with Crippen LogP contribution in [0.2, 0.25) is 0 Å². The Kier molecular flexibility index (Phi) is 3.84. The Labute approximate surface area is 103 Å². The van der Waals surface area contributed by atoms with Gasteiger partial charge in [0.05, 0.1) is 10.6 Å². The first-order valence-electron chi connectivity index (χ1n) is 6.12. The van der Waals surface area contributed by atoms with Gasteiger partial charge in [0.2, 0.25) is 0 Å². The molecule has 4 heteroatoms. The molecule has 0 fully saturated rings. The van der Waals surface area contributed by atoms with Crippen LogP contribution in [0.1, 0.15) is 24.0 Å². The van der Waals surface area contributed by atoms with E-state index in [1.54, 1.807) is 6.07 Å². The highest BCUT2D eigenvalue weighted by Gasteiger charge is 2.17. The van der Waals surface area contributed by atoms with Crippen molar-refractivity contribution in [2.24, 2.45) is 0 Å². The van der Waals surface area contributed by atoms with Crippen molar-refractivity contribution in [1.82, 2.24) is 5.32 Å². The van der Waals surface area contributed by atoms with E-state index >= 15 is 0 Å². The minimum Gasteiger partial charge on any atom is -0.320 e. The van der Waals surface area contributed by atoms with Gasteiger partial charge in [-0.15, -0.1) is 0 Å². The predicted molar refractivity (Wildman–Crippen MR) is 69.1 cm³/mol. The summed E-state index contributed by atoms with van der Waals surface area (Å²) in [5.74, 6) is 0.229. The van der Waals surface area contributed by atoms with Crippen molar-refractivity contribution in [2.45, 2.75) is 30.6 Å². The highest BCUT2D eigenvalue weighted by atomic mass is 32.2. The van der Waals surface area contributed by atoms with E-state index in [1.807, 2.05) is 19.2 Å². The summed E-state index contributed by atoms with van der Waals surface area (Å²) in [4.78, 5) is 0.495. The van der Waals surface area contributed by atoms with Crippen LogP contribution in [0.3, 0.4) is 0 Å². The molecule has 0 atom stereocenters. The lowest BCUT2D eigenvalue weighted by Crippen LogP contribution is -2.14. The lowest BCUT2D eigenvalue weighted by atomic mass is 10.1. The van der Waals surface area contributed by atoms with Crippen LogP contribution < -0.4 is 5.32 Å². The van der Waals surface area contributed by atoms with Crippen molar-refractivity contribution < 1.29 is 8.42 Å². The molecule has 17 heavy (non-hydrogen) atoms. The first-order valence-corrected chi connectivity index (χ1v) is 7.78. The van der Waals surface area contributed by atoms with E-state index in [9.17, 15) is 8.42 Å². The summed E-state index contributed by atoms with van der Waals surface area (Å²) in [6.45, 7) is 0.740. The van der Waals surface area contributed by atoms with Gasteiger partial charge in [-0.25, -0.2) is 8.42 Å². The minimum absolute atomic E-state index is 0.229. The van der Waals surface area contributed by atoms with Crippen molar-refractivity contribution in [3.8, 4) is 0 Å². The molecule has 0 unspecified atom stereocenters. The number of sulfone groups is 1. The van der Waals surface area contributed by atoms with E-state index in [1.165, 1.54) is 11.1 Å². The van der Waals surface area contributed by atoms with Crippen LogP contribution >= 0.6 is 0 Å². The van der Waals surface area contributed by atoms with Gasteiger partial charge in [-0.3, -0.25) is 0 Å². The predicted octanol–water partition coefficient (Wildman–Crippen LogP) is 1.56. The van der Waals surface area contributed by atoms with Crippen molar-refractivity contribution in [2.75, 3.05) is 19.3 Å². The molecule has 0 spiro atoms. The third kappa shape index (κ3) is 2.87. The number of hydrogen-bond donors (Lipinski definition) is 1. The number of hydrogen-bond acceptors (Lipinski definition) is 3. The lowest BCUT2D eigenvalue weighted by Gasteiger charge is -2.06. The lowest BCUT2D eigenvalue weighted by molar-refractivity contribution is 0.591. The zero-order valence-corrected chi connectivity index (χ0v) is 11.0. The molecule has 0 amide bonds. The van der Waals surface area contributed by atoms with Crippen LogP contribution in [0.5, 0.6) is 0 Å². The normalized spacial score (nSPS) is 14.9. The summed E-state index contributed by atoms with van der Waals surface area (Å²) < 4.78 is 24.2. The van der Waals surface area contributed by atoms with Gasteiger partial charge in [-0.1, -0.05) is 6.07 Å². The van der Waals surface area contributed by atoms with E-state index in [-0.39, 0.29) is 5.75 Å². The second kappa shape index (κ2) is 5.19. The van der Waals surface area contributed by atoms with E-state index in [4.69, 9.17) is 0 Å². The molecule has 0 saturated carbocycles. The highest BCUT2D eigenvalue weighted by Crippen LogP contribution is 2.25. The number of aryl methyl sites for hydroxylation is 2. The molecular weight excluding hydrogens is 234 g/mol. The monoisotopic (exact) mass is 253 g/mol. The third-order valence-electron chi connectivity index (χ3n) is 3.27. The Bertz CT molecular complexity index is 494. The van der Waals surface area contributed by atoms with Gasteiger partial charge in [-0.05, 0) is 62.5 Å². The van der Waals surface area contributed by atoms with Crippen LogP contribution in [0, 0.1) is 0 Å². The highest BCUT2D eigenvalue weighted by molar-refractivity contribution is 7.91. The molecule has 0 aromatic heterocycles. The van der Waals surface area contributed by atoms with Gasteiger partial charge in [0, 0.05) is 0 Å². The van der Waals surface area contributed by atoms with Crippen LogP contribution in [-0.2, 0) is 22.7 Å². The smallest absolute Gasteiger partial charge is 0.178 e. The van der Waals surface area contributed by atoms with E-state index in [0.29, 0.717) is 11.3 Å². The molecule has 0 saturated heterocycles. The molecule has 94 valence electrons. The van der Waals surface area contributed by atoms with Crippen molar-refractivity contribution >= 4 is 9.84 Å². The molecule has 1 aromatic carbocycles. The first-order chi connectivity index (χ1) is 8.13.